The first kappa shape index (κ1) is 19.4. The summed E-state index contributed by atoms with van der Waals surface area (Å²) in [5.41, 5.74) is 3.31. The molecule has 4 rings (SSSR count). The van der Waals surface area contributed by atoms with E-state index in [2.05, 4.69) is 5.32 Å². The van der Waals surface area contributed by atoms with Gasteiger partial charge in [0, 0.05) is 32.7 Å². The SMILES string of the molecule is Cc1c(Cl)cccc1NC(=O)c1oc2ccccc2c1CSC1CCCCC1. The fourth-order valence-corrected chi connectivity index (χ4v) is 5.31. The third kappa shape index (κ3) is 4.08. The van der Waals surface area contributed by atoms with Crippen LogP contribution in [0, 0.1) is 6.92 Å². The monoisotopic (exact) mass is 413 g/mol. The van der Waals surface area contributed by atoms with Crippen LogP contribution in [0.4, 0.5) is 5.69 Å². The van der Waals surface area contributed by atoms with E-state index in [-0.39, 0.29) is 5.91 Å². The van der Waals surface area contributed by atoms with Gasteiger partial charge in [-0.05, 0) is 43.5 Å². The minimum absolute atomic E-state index is 0.221. The molecule has 0 bridgehead atoms. The van der Waals surface area contributed by atoms with E-state index in [1.54, 1.807) is 0 Å². The standard InChI is InChI=1S/C23H24ClNO2S/c1-15-19(24)11-7-12-20(15)25-23(26)22-18(14-28-16-8-3-2-4-9-16)17-10-5-6-13-21(17)27-22/h5-7,10-13,16H,2-4,8-9,14H2,1H3,(H,25,26). The van der Waals surface area contributed by atoms with Crippen molar-refractivity contribution in [2.24, 2.45) is 0 Å². The third-order valence-corrected chi connectivity index (χ3v) is 7.24. The Hall–Kier alpha value is -1.91. The quantitative estimate of drug-likeness (QED) is 0.480. The Morgan fingerprint density at radius 3 is 2.75 bits per heavy atom. The maximum absolute atomic E-state index is 13.1. The number of para-hydroxylation sites is 1. The first-order valence-electron chi connectivity index (χ1n) is 9.82. The maximum atomic E-state index is 13.1. The summed E-state index contributed by atoms with van der Waals surface area (Å²) in [7, 11) is 0. The Kier molecular flexibility index (Phi) is 5.98. The zero-order valence-electron chi connectivity index (χ0n) is 16.0. The van der Waals surface area contributed by atoms with E-state index in [0.29, 0.717) is 21.7 Å². The lowest BCUT2D eigenvalue weighted by Crippen LogP contribution is -2.14. The smallest absolute Gasteiger partial charge is 0.291 e. The number of furan rings is 1. The van der Waals surface area contributed by atoms with Gasteiger partial charge in [-0.15, -0.1) is 0 Å². The van der Waals surface area contributed by atoms with Crippen LogP contribution < -0.4 is 5.32 Å². The molecule has 1 amide bonds. The first-order chi connectivity index (χ1) is 13.6. The van der Waals surface area contributed by atoms with Crippen LogP contribution in [0.1, 0.15) is 53.8 Å². The van der Waals surface area contributed by atoms with Gasteiger partial charge in [-0.2, -0.15) is 11.8 Å². The lowest BCUT2D eigenvalue weighted by Gasteiger charge is -2.20. The third-order valence-electron chi connectivity index (χ3n) is 5.44. The molecular formula is C23H24ClNO2S. The van der Waals surface area contributed by atoms with Gasteiger partial charge in [0.2, 0.25) is 0 Å². The Morgan fingerprint density at radius 1 is 1.14 bits per heavy atom. The molecular weight excluding hydrogens is 390 g/mol. The van der Waals surface area contributed by atoms with Gasteiger partial charge in [0.15, 0.2) is 5.76 Å². The number of amides is 1. The van der Waals surface area contributed by atoms with Gasteiger partial charge in [0.05, 0.1) is 0 Å². The zero-order valence-corrected chi connectivity index (χ0v) is 17.5. The fourth-order valence-electron chi connectivity index (χ4n) is 3.78. The molecule has 1 aliphatic rings. The molecule has 28 heavy (non-hydrogen) atoms. The van der Waals surface area contributed by atoms with Gasteiger partial charge in [-0.3, -0.25) is 4.79 Å². The van der Waals surface area contributed by atoms with E-state index in [0.717, 1.165) is 27.8 Å². The van der Waals surface area contributed by atoms with Crippen LogP contribution in [-0.4, -0.2) is 11.2 Å². The van der Waals surface area contributed by atoms with E-state index in [1.807, 2.05) is 61.2 Å². The maximum Gasteiger partial charge on any atom is 0.291 e. The van der Waals surface area contributed by atoms with Crippen LogP contribution in [0.15, 0.2) is 46.9 Å². The van der Waals surface area contributed by atoms with Crippen LogP contribution >= 0.6 is 23.4 Å². The number of rotatable bonds is 5. The van der Waals surface area contributed by atoms with Gasteiger partial charge in [-0.25, -0.2) is 0 Å². The highest BCUT2D eigenvalue weighted by Crippen LogP contribution is 2.35. The van der Waals surface area contributed by atoms with Gasteiger partial charge in [0.25, 0.3) is 5.91 Å². The minimum Gasteiger partial charge on any atom is -0.451 e. The van der Waals surface area contributed by atoms with Gasteiger partial charge < -0.3 is 9.73 Å². The summed E-state index contributed by atoms with van der Waals surface area (Å²) >= 11 is 8.15. The molecule has 3 nitrogen and oxygen atoms in total. The molecule has 0 spiro atoms. The van der Waals surface area contributed by atoms with Crippen molar-refractivity contribution in [1.29, 1.82) is 0 Å². The molecule has 2 aromatic carbocycles. The van der Waals surface area contributed by atoms with Gasteiger partial charge >= 0.3 is 0 Å². The summed E-state index contributed by atoms with van der Waals surface area (Å²) in [6.07, 6.45) is 6.50. The molecule has 1 aliphatic carbocycles. The second-order valence-electron chi connectivity index (χ2n) is 7.34. The summed E-state index contributed by atoms with van der Waals surface area (Å²) < 4.78 is 5.98. The average Bonchev–Trinajstić information content (AvgIpc) is 3.09. The van der Waals surface area contributed by atoms with Crippen molar-refractivity contribution in [2.45, 2.75) is 50.0 Å². The van der Waals surface area contributed by atoms with Crippen LogP contribution in [0.2, 0.25) is 5.02 Å². The number of nitrogens with one attached hydrogen (secondary N) is 1. The fraction of sp³-hybridized carbons (Fsp3) is 0.348. The molecule has 0 unspecified atom stereocenters. The number of benzene rings is 2. The average molecular weight is 414 g/mol. The number of thioether (sulfide) groups is 1. The molecule has 146 valence electrons. The second kappa shape index (κ2) is 8.62. The summed E-state index contributed by atoms with van der Waals surface area (Å²) in [6.45, 7) is 1.90. The van der Waals surface area contributed by atoms with E-state index in [1.165, 1.54) is 32.1 Å². The Morgan fingerprint density at radius 2 is 1.93 bits per heavy atom. The Balaban J connectivity index is 1.61. The number of fused-ring (bicyclic) bond motifs is 1. The zero-order chi connectivity index (χ0) is 19.5. The van der Waals surface area contributed by atoms with E-state index in [4.69, 9.17) is 16.0 Å². The highest BCUT2D eigenvalue weighted by atomic mass is 35.5. The lowest BCUT2D eigenvalue weighted by atomic mass is 10.0. The molecule has 0 atom stereocenters. The van der Waals surface area contributed by atoms with Crippen LogP contribution in [0.5, 0.6) is 0 Å². The van der Waals surface area contributed by atoms with Crippen molar-refractivity contribution in [2.75, 3.05) is 5.32 Å². The first-order valence-corrected chi connectivity index (χ1v) is 11.2. The highest BCUT2D eigenvalue weighted by molar-refractivity contribution is 7.99. The summed E-state index contributed by atoms with van der Waals surface area (Å²) in [6, 6.07) is 13.4. The number of hydrogen-bond acceptors (Lipinski definition) is 3. The van der Waals surface area contributed by atoms with E-state index < -0.39 is 0 Å². The normalized spacial score (nSPS) is 15.1. The topological polar surface area (TPSA) is 42.2 Å². The number of carbonyl (C=O) groups excluding carboxylic acids is 1. The Bertz CT molecular complexity index is 991. The van der Waals surface area contributed by atoms with Crippen molar-refractivity contribution in [1.82, 2.24) is 0 Å². The number of halogens is 1. The molecule has 1 heterocycles. The van der Waals surface area contributed by atoms with Crippen molar-refractivity contribution < 1.29 is 9.21 Å². The second-order valence-corrected chi connectivity index (χ2v) is 9.04. The molecule has 1 saturated carbocycles. The number of anilines is 1. The molecule has 0 aliphatic heterocycles. The van der Waals surface area contributed by atoms with Crippen molar-refractivity contribution >= 4 is 45.9 Å². The van der Waals surface area contributed by atoms with E-state index >= 15 is 0 Å². The highest BCUT2D eigenvalue weighted by Gasteiger charge is 2.23. The van der Waals surface area contributed by atoms with Crippen LogP contribution in [0.25, 0.3) is 11.0 Å². The molecule has 1 aromatic heterocycles. The molecule has 5 heteroatoms. The van der Waals surface area contributed by atoms with Crippen molar-refractivity contribution in [3.63, 3.8) is 0 Å². The minimum atomic E-state index is -0.221. The number of carbonyl (C=O) groups is 1. The van der Waals surface area contributed by atoms with Crippen molar-refractivity contribution in [3.8, 4) is 0 Å². The summed E-state index contributed by atoms with van der Waals surface area (Å²) in [5, 5.41) is 5.32. The van der Waals surface area contributed by atoms with Crippen LogP contribution in [-0.2, 0) is 5.75 Å². The largest absolute Gasteiger partial charge is 0.451 e. The molecule has 1 N–H and O–H groups in total. The predicted octanol–water partition coefficient (Wildman–Crippen LogP) is 7.21. The predicted molar refractivity (Wildman–Crippen MR) is 119 cm³/mol. The summed E-state index contributed by atoms with van der Waals surface area (Å²) in [4.78, 5) is 13.1. The molecule has 0 saturated heterocycles. The number of hydrogen-bond donors (Lipinski definition) is 1. The van der Waals surface area contributed by atoms with Gasteiger partial charge in [-0.1, -0.05) is 55.1 Å². The van der Waals surface area contributed by atoms with Gasteiger partial charge in [0.1, 0.15) is 5.58 Å². The van der Waals surface area contributed by atoms with E-state index in [9.17, 15) is 4.79 Å². The lowest BCUT2D eigenvalue weighted by molar-refractivity contribution is 0.0997. The van der Waals surface area contributed by atoms with Crippen molar-refractivity contribution in [3.05, 3.63) is 64.4 Å². The summed E-state index contributed by atoms with van der Waals surface area (Å²) in [5.74, 6) is 0.976. The molecule has 0 radical (unpaired) electrons. The molecule has 3 aromatic rings. The molecule has 1 fully saturated rings. The van der Waals surface area contributed by atoms with Crippen LogP contribution in [0.3, 0.4) is 0 Å². The Labute approximate surface area is 174 Å².